The molecule has 244 valence electrons. The summed E-state index contributed by atoms with van der Waals surface area (Å²) in [5.74, 6) is -1.72. The second-order valence-corrected chi connectivity index (χ2v) is 13.7. The fourth-order valence-electron chi connectivity index (χ4n) is 6.80. The van der Waals surface area contributed by atoms with Crippen LogP contribution >= 0.6 is 7.60 Å². The van der Waals surface area contributed by atoms with Gasteiger partial charge in [0.25, 0.3) is 5.91 Å². The molecular weight excluding hydrogens is 623 g/mol. The molecule has 0 aliphatic carbocycles. The zero-order chi connectivity index (χ0) is 33.0. The van der Waals surface area contributed by atoms with E-state index < -0.39 is 42.7 Å². The molecule has 2 saturated heterocycles. The molecule has 0 saturated carbocycles. The van der Waals surface area contributed by atoms with Crippen LogP contribution in [0.15, 0.2) is 48.5 Å². The number of anilines is 1. The van der Waals surface area contributed by atoms with Gasteiger partial charge in [0.05, 0.1) is 0 Å². The first-order valence-corrected chi connectivity index (χ1v) is 16.7. The number of aromatic amines is 1. The fraction of sp³-hybridized carbons (Fsp3) is 0.419. The van der Waals surface area contributed by atoms with E-state index >= 15 is 0 Å². The molecule has 2 fully saturated rings. The van der Waals surface area contributed by atoms with E-state index in [0.29, 0.717) is 32.4 Å². The molecule has 0 radical (unpaired) electrons. The lowest BCUT2D eigenvalue weighted by Gasteiger charge is -2.40. The van der Waals surface area contributed by atoms with Crippen molar-refractivity contribution in [2.24, 2.45) is 0 Å². The van der Waals surface area contributed by atoms with Crippen molar-refractivity contribution in [1.29, 1.82) is 0 Å². The van der Waals surface area contributed by atoms with E-state index in [2.05, 4.69) is 10.3 Å². The average Bonchev–Trinajstić information content (AvgIpc) is 3.64. The summed E-state index contributed by atoms with van der Waals surface area (Å²) in [4.78, 5) is 80.0. The van der Waals surface area contributed by atoms with Gasteiger partial charge < -0.3 is 34.8 Å². The number of aryl methyl sites for hydroxylation is 1. The second kappa shape index (κ2) is 11.9. The standard InChI is InChI=1S/C31H34F2N5O7P/c1-18(39)36-14-12-22-9-11-27(30(42)37-13-4-6-19-5-2-3-7-26(19)37)38(22)29(41)25(17-36)35-28(40)24-16-20-15-21(8-10-23(20)34-24)31(32,33)46(43,44)45/h2-3,5,7-8,10,15-16,22,25,27,34H,4,6,9,11-14,17H2,1H3,(H,35,40)(H2,43,44,45)/t22-,25+,27+/m1/s1. The summed E-state index contributed by atoms with van der Waals surface area (Å²) in [5.41, 5.74) is -3.30. The monoisotopic (exact) mass is 657 g/mol. The van der Waals surface area contributed by atoms with Crippen LogP contribution in [0, 0.1) is 0 Å². The number of hydrogen-bond donors (Lipinski definition) is 4. The van der Waals surface area contributed by atoms with Gasteiger partial charge in [-0.15, -0.1) is 0 Å². The van der Waals surface area contributed by atoms with E-state index in [1.807, 2.05) is 24.3 Å². The minimum Gasteiger partial charge on any atom is -0.351 e. The number of alkyl halides is 2. The first kappa shape index (κ1) is 31.8. The molecule has 0 bridgehead atoms. The molecule has 12 nitrogen and oxygen atoms in total. The van der Waals surface area contributed by atoms with Gasteiger partial charge in [-0.1, -0.05) is 24.3 Å². The third-order valence-electron chi connectivity index (χ3n) is 9.18. The van der Waals surface area contributed by atoms with E-state index in [1.54, 1.807) is 9.80 Å². The molecule has 2 aromatic carbocycles. The molecule has 1 aromatic heterocycles. The summed E-state index contributed by atoms with van der Waals surface area (Å²) in [6.45, 7) is 2.10. The Morgan fingerprint density at radius 1 is 1.04 bits per heavy atom. The van der Waals surface area contributed by atoms with Crippen molar-refractivity contribution in [1.82, 2.24) is 20.1 Å². The number of carbonyl (C=O) groups is 4. The molecular formula is C31H34F2N5O7P. The lowest BCUT2D eigenvalue weighted by Crippen LogP contribution is -2.61. The molecule has 15 heteroatoms. The first-order chi connectivity index (χ1) is 21.8. The summed E-state index contributed by atoms with van der Waals surface area (Å²) in [6.07, 6.45) is 3.13. The van der Waals surface area contributed by atoms with Crippen LogP contribution in [0.5, 0.6) is 0 Å². The quantitative estimate of drug-likeness (QED) is 0.307. The molecule has 3 aliphatic rings. The minimum atomic E-state index is -5.80. The number of amides is 4. The third kappa shape index (κ3) is 5.69. The SMILES string of the molecule is CC(=O)N1CC[C@H]2CC[C@@H](C(=O)N3CCCc4ccccc43)N2C(=O)[C@@H](NC(=O)c2cc3cc(C(F)(F)P(=O)(O)O)ccc3[nH]2)C1. The zero-order valence-corrected chi connectivity index (χ0v) is 25.9. The maximum Gasteiger partial charge on any atom is 0.399 e. The normalized spacial score (nSPS) is 22.2. The Kier molecular flexibility index (Phi) is 8.24. The van der Waals surface area contributed by atoms with Gasteiger partial charge in [0.2, 0.25) is 17.7 Å². The van der Waals surface area contributed by atoms with Crippen LogP contribution in [-0.2, 0) is 31.0 Å². The van der Waals surface area contributed by atoms with Crippen molar-refractivity contribution < 1.29 is 42.3 Å². The average molecular weight is 658 g/mol. The van der Waals surface area contributed by atoms with Gasteiger partial charge in [-0.05, 0) is 61.9 Å². The molecule has 4 N–H and O–H groups in total. The Balaban J connectivity index is 1.27. The number of fused-ring (bicyclic) bond motifs is 3. The highest BCUT2D eigenvalue weighted by Gasteiger charge is 2.50. The van der Waals surface area contributed by atoms with Gasteiger partial charge in [0.15, 0.2) is 0 Å². The molecule has 4 amide bonds. The first-order valence-electron chi connectivity index (χ1n) is 15.1. The molecule has 46 heavy (non-hydrogen) atoms. The number of H-pyrrole nitrogens is 1. The van der Waals surface area contributed by atoms with Gasteiger partial charge in [0.1, 0.15) is 17.8 Å². The summed E-state index contributed by atoms with van der Waals surface area (Å²) in [7, 11) is -5.80. The summed E-state index contributed by atoms with van der Waals surface area (Å²) < 4.78 is 40.0. The number of halogens is 2. The predicted molar refractivity (Wildman–Crippen MR) is 163 cm³/mol. The van der Waals surface area contributed by atoms with Crippen LogP contribution in [0.4, 0.5) is 14.5 Å². The molecule has 3 aliphatic heterocycles. The smallest absolute Gasteiger partial charge is 0.351 e. The lowest BCUT2D eigenvalue weighted by atomic mass is 10.0. The largest absolute Gasteiger partial charge is 0.399 e. The number of para-hydroxylation sites is 1. The van der Waals surface area contributed by atoms with Crippen LogP contribution in [0.3, 0.4) is 0 Å². The number of carbonyl (C=O) groups excluding carboxylic acids is 4. The van der Waals surface area contributed by atoms with Crippen LogP contribution in [0.1, 0.15) is 54.2 Å². The van der Waals surface area contributed by atoms with Gasteiger partial charge >= 0.3 is 13.3 Å². The Morgan fingerprint density at radius 2 is 1.80 bits per heavy atom. The van der Waals surface area contributed by atoms with E-state index in [9.17, 15) is 32.5 Å². The van der Waals surface area contributed by atoms with Crippen molar-refractivity contribution >= 4 is 47.8 Å². The van der Waals surface area contributed by atoms with Gasteiger partial charge in [-0.2, -0.15) is 8.78 Å². The van der Waals surface area contributed by atoms with Crippen molar-refractivity contribution in [2.45, 2.75) is 62.8 Å². The van der Waals surface area contributed by atoms with Gasteiger partial charge in [-0.25, -0.2) is 0 Å². The number of hydrogen-bond acceptors (Lipinski definition) is 5. The van der Waals surface area contributed by atoms with Crippen molar-refractivity contribution in [2.75, 3.05) is 24.5 Å². The summed E-state index contributed by atoms with van der Waals surface area (Å²) >= 11 is 0. The summed E-state index contributed by atoms with van der Waals surface area (Å²) in [6, 6.07) is 9.57. The van der Waals surface area contributed by atoms with Crippen LogP contribution < -0.4 is 10.2 Å². The third-order valence-corrected chi connectivity index (χ3v) is 10.2. The van der Waals surface area contributed by atoms with Gasteiger partial charge in [-0.3, -0.25) is 23.7 Å². The molecule has 6 rings (SSSR count). The van der Waals surface area contributed by atoms with E-state index in [4.69, 9.17) is 9.79 Å². The minimum absolute atomic E-state index is 0.0913. The highest BCUT2D eigenvalue weighted by Crippen LogP contribution is 2.59. The fourth-order valence-corrected chi connectivity index (χ4v) is 7.27. The molecule has 3 atom stereocenters. The molecule has 0 spiro atoms. The zero-order valence-electron chi connectivity index (χ0n) is 25.0. The second-order valence-electron chi connectivity index (χ2n) is 12.1. The maximum absolute atomic E-state index is 14.3. The number of nitrogens with one attached hydrogen (secondary N) is 2. The van der Waals surface area contributed by atoms with Crippen LogP contribution in [0.25, 0.3) is 10.9 Å². The maximum atomic E-state index is 14.3. The number of benzene rings is 2. The van der Waals surface area contributed by atoms with Crippen molar-refractivity contribution in [3.63, 3.8) is 0 Å². The predicted octanol–water partition coefficient (Wildman–Crippen LogP) is 3.08. The Hall–Kier alpha value is -4.13. The Morgan fingerprint density at radius 3 is 2.54 bits per heavy atom. The Bertz CT molecular complexity index is 1770. The topological polar surface area (TPSA) is 163 Å². The lowest BCUT2D eigenvalue weighted by molar-refractivity contribution is -0.144. The van der Waals surface area contributed by atoms with Crippen LogP contribution in [0.2, 0.25) is 0 Å². The molecule has 0 unspecified atom stereocenters. The molecule has 3 aromatic rings. The van der Waals surface area contributed by atoms with Crippen LogP contribution in [-0.4, -0.2) is 86.0 Å². The van der Waals surface area contributed by atoms with E-state index in [1.165, 1.54) is 24.0 Å². The van der Waals surface area contributed by atoms with Gasteiger partial charge in [0, 0.05) is 54.8 Å². The Labute approximate surface area is 262 Å². The van der Waals surface area contributed by atoms with Crippen molar-refractivity contribution in [3.05, 3.63) is 65.4 Å². The highest BCUT2D eigenvalue weighted by atomic mass is 31.2. The summed E-state index contributed by atoms with van der Waals surface area (Å²) in [5, 5.41) is 2.78. The number of rotatable bonds is 5. The molecule has 4 heterocycles. The van der Waals surface area contributed by atoms with E-state index in [-0.39, 0.29) is 41.0 Å². The van der Waals surface area contributed by atoms with E-state index in [0.717, 1.165) is 36.2 Å². The number of nitrogens with zero attached hydrogens (tertiary/aromatic N) is 3. The van der Waals surface area contributed by atoms with Crippen molar-refractivity contribution in [3.8, 4) is 0 Å². The highest BCUT2D eigenvalue weighted by molar-refractivity contribution is 7.52. The number of aromatic nitrogens is 1.